The van der Waals surface area contributed by atoms with Gasteiger partial charge >= 0.3 is 11.7 Å². The van der Waals surface area contributed by atoms with Crippen LogP contribution in [0, 0.1) is 10.1 Å². The Bertz CT molecular complexity index is 851. The largest absolute Gasteiger partial charge is 0.490 e. The van der Waals surface area contributed by atoms with E-state index in [-0.39, 0.29) is 29.4 Å². The molecule has 27 heavy (non-hydrogen) atoms. The molecule has 1 aromatic carbocycles. The molecule has 0 spiro atoms. The van der Waals surface area contributed by atoms with Crippen LogP contribution >= 0.6 is 0 Å². The lowest BCUT2D eigenvalue weighted by atomic mass is 10.2. The maximum atomic E-state index is 11.3. The minimum atomic E-state index is -1.08. The van der Waals surface area contributed by atoms with Crippen molar-refractivity contribution in [3.63, 3.8) is 0 Å². The third-order valence-electron chi connectivity index (χ3n) is 3.25. The zero-order chi connectivity index (χ0) is 19.8. The number of nitro groups is 1. The lowest BCUT2D eigenvalue weighted by Gasteiger charge is -2.11. The Morgan fingerprint density at radius 3 is 2.63 bits per heavy atom. The summed E-state index contributed by atoms with van der Waals surface area (Å²) in [4.78, 5) is 25.5. The number of anilines is 1. The number of hydrazone groups is 1. The lowest BCUT2D eigenvalue weighted by Crippen LogP contribution is -2.03. The average Bonchev–Trinajstić information content (AvgIpc) is 2.64. The van der Waals surface area contributed by atoms with Crippen LogP contribution in [0.5, 0.6) is 11.5 Å². The summed E-state index contributed by atoms with van der Waals surface area (Å²) in [5.41, 5.74) is 2.86. The highest BCUT2D eigenvalue weighted by molar-refractivity contribution is 5.87. The van der Waals surface area contributed by atoms with E-state index in [1.807, 2.05) is 0 Å². The molecule has 1 aromatic heterocycles. The molecule has 1 heterocycles. The highest BCUT2D eigenvalue weighted by Gasteiger charge is 2.22. The molecule has 0 aliphatic carbocycles. The summed E-state index contributed by atoms with van der Waals surface area (Å²) in [7, 11) is 0. The maximum absolute atomic E-state index is 11.3. The zero-order valence-electron chi connectivity index (χ0n) is 14.7. The molecule has 10 nitrogen and oxygen atoms in total. The van der Waals surface area contributed by atoms with Gasteiger partial charge in [-0.15, -0.1) is 0 Å². The molecule has 142 valence electrons. The number of ether oxygens (including phenoxy) is 2. The Morgan fingerprint density at radius 2 is 2.07 bits per heavy atom. The van der Waals surface area contributed by atoms with Crippen molar-refractivity contribution in [2.75, 3.05) is 18.6 Å². The van der Waals surface area contributed by atoms with Gasteiger partial charge in [0.2, 0.25) is 5.75 Å². The van der Waals surface area contributed by atoms with Crippen molar-refractivity contribution < 1.29 is 24.3 Å². The Balaban J connectivity index is 2.25. The van der Waals surface area contributed by atoms with E-state index in [0.29, 0.717) is 18.0 Å². The first-order valence-electron chi connectivity index (χ1n) is 8.02. The summed E-state index contributed by atoms with van der Waals surface area (Å²) in [6, 6.07) is 5.72. The molecule has 0 bridgehead atoms. The number of hydrogen-bond acceptors (Lipinski definition) is 8. The molecule has 0 saturated carbocycles. The summed E-state index contributed by atoms with van der Waals surface area (Å²) >= 11 is 0. The van der Waals surface area contributed by atoms with Crippen molar-refractivity contribution in [2.45, 2.75) is 13.8 Å². The van der Waals surface area contributed by atoms with Gasteiger partial charge in [-0.1, -0.05) is 0 Å². The van der Waals surface area contributed by atoms with Gasteiger partial charge in [-0.25, -0.2) is 9.78 Å². The van der Waals surface area contributed by atoms with Crippen LogP contribution in [-0.2, 0) is 0 Å². The normalized spacial score (nSPS) is 10.6. The molecular weight excluding hydrogens is 356 g/mol. The summed E-state index contributed by atoms with van der Waals surface area (Å²) < 4.78 is 10.8. The first kappa shape index (κ1) is 19.6. The van der Waals surface area contributed by atoms with E-state index in [0.717, 1.165) is 0 Å². The van der Waals surface area contributed by atoms with Crippen molar-refractivity contribution >= 4 is 23.7 Å². The minimum Gasteiger partial charge on any atom is -0.490 e. The molecule has 0 aliphatic heterocycles. The number of benzene rings is 1. The fraction of sp³-hybridized carbons (Fsp3) is 0.235. The molecule has 0 radical (unpaired) electrons. The van der Waals surface area contributed by atoms with E-state index >= 15 is 0 Å². The molecule has 2 N–H and O–H groups in total. The molecule has 0 fully saturated rings. The van der Waals surface area contributed by atoms with Gasteiger partial charge in [0, 0.05) is 17.8 Å². The molecular formula is C17H18N4O6. The van der Waals surface area contributed by atoms with E-state index in [2.05, 4.69) is 15.5 Å². The third kappa shape index (κ3) is 5.14. The summed E-state index contributed by atoms with van der Waals surface area (Å²) in [6.45, 7) is 4.06. The predicted octanol–water partition coefficient (Wildman–Crippen LogP) is 2.93. The number of rotatable bonds is 9. The third-order valence-corrected chi connectivity index (χ3v) is 3.25. The van der Waals surface area contributed by atoms with Crippen molar-refractivity contribution in [3.8, 4) is 11.5 Å². The fourth-order valence-electron chi connectivity index (χ4n) is 2.13. The minimum absolute atomic E-state index is 0.0491. The number of carbonyl (C=O) groups is 1. The van der Waals surface area contributed by atoms with E-state index in [1.165, 1.54) is 30.6 Å². The SMILES string of the molecule is CCOc1cc(/C=N/Nc2ccc(C(=O)O)cn2)cc([N+](=O)[O-])c1OCC. The van der Waals surface area contributed by atoms with E-state index in [1.54, 1.807) is 19.9 Å². The number of nitro benzene ring substituents is 1. The van der Waals surface area contributed by atoms with Gasteiger partial charge in [0.05, 0.1) is 29.9 Å². The number of pyridine rings is 1. The van der Waals surface area contributed by atoms with Crippen molar-refractivity contribution in [1.82, 2.24) is 4.98 Å². The Morgan fingerprint density at radius 1 is 1.33 bits per heavy atom. The van der Waals surface area contributed by atoms with Crippen LogP contribution in [0.2, 0.25) is 0 Å². The Kier molecular flexibility index (Phi) is 6.64. The summed E-state index contributed by atoms with van der Waals surface area (Å²) in [5, 5.41) is 24.1. The summed E-state index contributed by atoms with van der Waals surface area (Å²) in [6.07, 6.45) is 2.55. The second kappa shape index (κ2) is 9.13. The Hall–Kier alpha value is -3.69. The standard InChI is InChI=1S/C17H18N4O6/c1-3-26-14-8-11(7-13(21(24)25)16(14)27-4-2)9-19-20-15-6-5-12(10-18-15)17(22)23/h5-10H,3-4H2,1-2H3,(H,18,20)(H,22,23)/b19-9+. The van der Waals surface area contributed by atoms with Crippen molar-refractivity contribution in [3.05, 3.63) is 51.7 Å². The number of nitrogens with zero attached hydrogens (tertiary/aromatic N) is 3. The van der Waals surface area contributed by atoms with Gasteiger partial charge in [-0.2, -0.15) is 5.10 Å². The van der Waals surface area contributed by atoms with E-state index in [9.17, 15) is 14.9 Å². The van der Waals surface area contributed by atoms with Crippen LogP contribution < -0.4 is 14.9 Å². The average molecular weight is 374 g/mol. The second-order valence-corrected chi connectivity index (χ2v) is 5.10. The lowest BCUT2D eigenvalue weighted by molar-refractivity contribution is -0.385. The molecule has 0 unspecified atom stereocenters. The van der Waals surface area contributed by atoms with Crippen LogP contribution in [-0.4, -0.2) is 40.4 Å². The Labute approximate surface area is 154 Å². The molecule has 0 saturated heterocycles. The number of nitrogens with one attached hydrogen (secondary N) is 1. The highest BCUT2D eigenvalue weighted by Crippen LogP contribution is 2.38. The van der Waals surface area contributed by atoms with Crippen LogP contribution in [0.4, 0.5) is 11.5 Å². The maximum Gasteiger partial charge on any atom is 0.337 e. The van der Waals surface area contributed by atoms with Gasteiger partial charge in [0.15, 0.2) is 5.75 Å². The predicted molar refractivity (Wildman–Crippen MR) is 97.8 cm³/mol. The van der Waals surface area contributed by atoms with Gasteiger partial charge in [0.1, 0.15) is 5.82 Å². The zero-order valence-corrected chi connectivity index (χ0v) is 14.7. The van der Waals surface area contributed by atoms with Gasteiger partial charge in [0.25, 0.3) is 0 Å². The van der Waals surface area contributed by atoms with Crippen LogP contribution in [0.1, 0.15) is 29.8 Å². The van der Waals surface area contributed by atoms with E-state index in [4.69, 9.17) is 14.6 Å². The number of aromatic carboxylic acids is 1. The number of carboxylic acids is 1. The van der Waals surface area contributed by atoms with Crippen molar-refractivity contribution in [2.24, 2.45) is 5.10 Å². The monoisotopic (exact) mass is 374 g/mol. The molecule has 2 rings (SSSR count). The topological polar surface area (TPSA) is 136 Å². The first-order valence-corrected chi connectivity index (χ1v) is 8.02. The van der Waals surface area contributed by atoms with Crippen LogP contribution in [0.3, 0.4) is 0 Å². The fourth-order valence-corrected chi connectivity index (χ4v) is 2.13. The molecule has 10 heteroatoms. The second-order valence-electron chi connectivity index (χ2n) is 5.10. The molecule has 0 aliphatic rings. The number of carboxylic acid groups (broad SMARTS) is 1. The number of aromatic nitrogens is 1. The van der Waals surface area contributed by atoms with Gasteiger partial charge < -0.3 is 14.6 Å². The van der Waals surface area contributed by atoms with Gasteiger partial charge in [-0.05, 0) is 32.0 Å². The molecule has 2 aromatic rings. The molecule has 0 atom stereocenters. The summed E-state index contributed by atoms with van der Waals surface area (Å²) in [5.74, 6) is -0.441. The smallest absolute Gasteiger partial charge is 0.337 e. The first-order chi connectivity index (χ1) is 13.0. The van der Waals surface area contributed by atoms with Gasteiger partial charge in [-0.3, -0.25) is 15.5 Å². The highest BCUT2D eigenvalue weighted by atomic mass is 16.6. The van der Waals surface area contributed by atoms with E-state index < -0.39 is 10.9 Å². The molecule has 0 amide bonds. The quantitative estimate of drug-likeness (QED) is 0.388. The van der Waals surface area contributed by atoms with Crippen molar-refractivity contribution in [1.29, 1.82) is 0 Å². The van der Waals surface area contributed by atoms with Crippen LogP contribution in [0.25, 0.3) is 0 Å². The van der Waals surface area contributed by atoms with Crippen LogP contribution in [0.15, 0.2) is 35.6 Å². The number of hydrogen-bond donors (Lipinski definition) is 2.